The minimum Gasteiger partial charge on any atom is -0.484 e. The first kappa shape index (κ1) is 17.0. The van der Waals surface area contributed by atoms with Gasteiger partial charge in [-0.25, -0.2) is 4.39 Å². The lowest BCUT2D eigenvalue weighted by Crippen LogP contribution is -2.38. The van der Waals surface area contributed by atoms with Gasteiger partial charge in [-0.2, -0.15) is 0 Å². The van der Waals surface area contributed by atoms with Gasteiger partial charge in [-0.3, -0.25) is 9.69 Å². The predicted molar refractivity (Wildman–Crippen MR) is 98.8 cm³/mol. The van der Waals surface area contributed by atoms with Crippen molar-refractivity contribution in [3.63, 3.8) is 0 Å². The van der Waals surface area contributed by atoms with Gasteiger partial charge in [0.2, 0.25) is 5.91 Å². The summed E-state index contributed by atoms with van der Waals surface area (Å²) in [5, 5.41) is 2.78. The number of amides is 1. The average Bonchev–Trinajstić information content (AvgIpc) is 3.22. The number of benzene rings is 2. The van der Waals surface area contributed by atoms with Crippen LogP contribution in [0.5, 0.6) is 5.75 Å². The van der Waals surface area contributed by atoms with Crippen LogP contribution >= 0.6 is 0 Å². The molecule has 1 amide bonds. The van der Waals surface area contributed by atoms with Crippen LogP contribution in [-0.4, -0.2) is 29.9 Å². The summed E-state index contributed by atoms with van der Waals surface area (Å²) in [4.78, 5) is 13.8. The maximum atomic E-state index is 13.7. The summed E-state index contributed by atoms with van der Waals surface area (Å²) in [6.07, 6.45) is 3.08. The molecular weight excluding hydrogens is 331 g/mol. The zero-order chi connectivity index (χ0) is 18.1. The molecule has 0 aromatic heterocycles. The highest BCUT2D eigenvalue weighted by molar-refractivity contribution is 5.88. The van der Waals surface area contributed by atoms with Crippen LogP contribution in [0.3, 0.4) is 0 Å². The van der Waals surface area contributed by atoms with E-state index in [9.17, 15) is 9.18 Å². The highest BCUT2D eigenvalue weighted by atomic mass is 19.1. The molecule has 4 nitrogen and oxygen atoms in total. The molecule has 0 spiro atoms. The summed E-state index contributed by atoms with van der Waals surface area (Å²) >= 11 is 0. The molecule has 1 N–H and O–H groups in total. The molecule has 5 heteroatoms. The number of hydrogen-bond donors (Lipinski definition) is 1. The minimum absolute atomic E-state index is 0.112. The van der Waals surface area contributed by atoms with E-state index in [1.807, 2.05) is 30.3 Å². The second-order valence-corrected chi connectivity index (χ2v) is 7.11. The summed E-state index contributed by atoms with van der Waals surface area (Å²) in [7, 11) is 0. The number of nitrogens with one attached hydrogen (secondary N) is 1. The topological polar surface area (TPSA) is 41.6 Å². The van der Waals surface area contributed by atoms with E-state index in [4.69, 9.17) is 4.74 Å². The third-order valence-corrected chi connectivity index (χ3v) is 5.22. The summed E-state index contributed by atoms with van der Waals surface area (Å²) in [5.74, 6) is 0.402. The number of nitrogens with zero attached hydrogens (tertiary/aromatic N) is 1. The smallest absolute Gasteiger partial charge is 0.221 e. The Labute approximate surface area is 153 Å². The van der Waals surface area contributed by atoms with E-state index in [1.54, 1.807) is 6.07 Å². The summed E-state index contributed by atoms with van der Waals surface area (Å²) in [5.41, 5.74) is 2.81. The van der Waals surface area contributed by atoms with Gasteiger partial charge in [-0.15, -0.1) is 0 Å². The van der Waals surface area contributed by atoms with Gasteiger partial charge < -0.3 is 10.1 Å². The highest BCUT2D eigenvalue weighted by Crippen LogP contribution is 2.39. The van der Waals surface area contributed by atoms with Crippen LogP contribution in [0.4, 0.5) is 10.1 Å². The lowest BCUT2D eigenvalue weighted by atomic mass is 10.1. The summed E-state index contributed by atoms with van der Waals surface area (Å²) in [6.45, 7) is 3.61. The number of rotatable bonds is 4. The standard InChI is InChI=1S/C21H23FN2O2/c1-14(25)23-17-5-4-6-18(13-17)26-21-19-8-7-16(22)11-15(19)12-20(21)24-9-2-3-10-24/h4-8,11,13,20-21H,2-3,9-10,12H2,1H3,(H,23,25)/t20-,21-/m0/s1. The maximum Gasteiger partial charge on any atom is 0.221 e. The number of carbonyl (C=O) groups is 1. The van der Waals surface area contributed by atoms with Crippen molar-refractivity contribution >= 4 is 11.6 Å². The van der Waals surface area contributed by atoms with Crippen LogP contribution in [0, 0.1) is 5.82 Å². The van der Waals surface area contributed by atoms with E-state index in [0.29, 0.717) is 11.4 Å². The molecule has 2 aromatic rings. The Morgan fingerprint density at radius 3 is 2.77 bits per heavy atom. The monoisotopic (exact) mass is 354 g/mol. The van der Waals surface area contributed by atoms with Crippen molar-refractivity contribution < 1.29 is 13.9 Å². The molecule has 0 saturated carbocycles. The fraction of sp³-hybridized carbons (Fsp3) is 0.381. The molecule has 1 fully saturated rings. The average molecular weight is 354 g/mol. The Kier molecular flexibility index (Phi) is 4.64. The molecule has 0 unspecified atom stereocenters. The number of carbonyl (C=O) groups excluding carboxylic acids is 1. The van der Waals surface area contributed by atoms with Crippen LogP contribution < -0.4 is 10.1 Å². The van der Waals surface area contributed by atoms with Crippen molar-refractivity contribution in [2.45, 2.75) is 38.3 Å². The lowest BCUT2D eigenvalue weighted by Gasteiger charge is -2.30. The van der Waals surface area contributed by atoms with Crippen molar-refractivity contribution in [1.82, 2.24) is 4.90 Å². The fourth-order valence-electron chi connectivity index (χ4n) is 4.10. The predicted octanol–water partition coefficient (Wildman–Crippen LogP) is 3.92. The fourth-order valence-corrected chi connectivity index (χ4v) is 4.10. The SMILES string of the molecule is CC(=O)Nc1cccc(O[C@H]2c3ccc(F)cc3C[C@@H]2N2CCCC2)c1. The van der Waals surface area contributed by atoms with Crippen molar-refractivity contribution in [2.24, 2.45) is 0 Å². The highest BCUT2D eigenvalue weighted by Gasteiger charge is 2.39. The van der Waals surface area contributed by atoms with E-state index in [2.05, 4.69) is 10.2 Å². The van der Waals surface area contributed by atoms with Gasteiger partial charge in [-0.1, -0.05) is 12.1 Å². The molecule has 1 heterocycles. The van der Waals surface area contributed by atoms with Crippen LogP contribution in [0.15, 0.2) is 42.5 Å². The second kappa shape index (κ2) is 7.08. The van der Waals surface area contributed by atoms with Gasteiger partial charge >= 0.3 is 0 Å². The second-order valence-electron chi connectivity index (χ2n) is 7.11. The summed E-state index contributed by atoms with van der Waals surface area (Å²) < 4.78 is 20.1. The van der Waals surface area contributed by atoms with E-state index in [-0.39, 0.29) is 23.9 Å². The molecule has 1 saturated heterocycles. The van der Waals surface area contributed by atoms with Crippen LogP contribution in [-0.2, 0) is 11.2 Å². The number of halogens is 1. The zero-order valence-electron chi connectivity index (χ0n) is 14.9. The largest absolute Gasteiger partial charge is 0.484 e. The number of ether oxygens (including phenoxy) is 1. The number of fused-ring (bicyclic) bond motifs is 1. The number of likely N-dealkylation sites (tertiary alicyclic amines) is 1. The molecule has 1 aliphatic carbocycles. The quantitative estimate of drug-likeness (QED) is 0.905. The Balaban J connectivity index is 1.62. The molecule has 26 heavy (non-hydrogen) atoms. The van der Waals surface area contributed by atoms with Gasteiger partial charge in [0.25, 0.3) is 0 Å². The van der Waals surface area contributed by atoms with Crippen molar-refractivity contribution in [1.29, 1.82) is 0 Å². The Morgan fingerprint density at radius 2 is 2.00 bits per heavy atom. The molecule has 1 aliphatic heterocycles. The minimum atomic E-state index is -0.197. The molecule has 2 aliphatic rings. The lowest BCUT2D eigenvalue weighted by molar-refractivity contribution is -0.114. The molecule has 136 valence electrons. The van der Waals surface area contributed by atoms with Gasteiger partial charge in [0.15, 0.2) is 0 Å². The molecule has 2 atom stereocenters. The third-order valence-electron chi connectivity index (χ3n) is 5.22. The normalized spacial score (nSPS) is 22.2. The van der Waals surface area contributed by atoms with Crippen molar-refractivity contribution in [2.75, 3.05) is 18.4 Å². The Hall–Kier alpha value is -2.40. The van der Waals surface area contributed by atoms with Crippen molar-refractivity contribution in [3.05, 3.63) is 59.4 Å². The Morgan fingerprint density at radius 1 is 1.19 bits per heavy atom. The third kappa shape index (κ3) is 3.44. The molecule has 4 rings (SSSR count). The van der Waals surface area contributed by atoms with E-state index in [0.717, 1.165) is 30.6 Å². The maximum absolute atomic E-state index is 13.7. The first-order valence-electron chi connectivity index (χ1n) is 9.17. The molecular formula is C21H23FN2O2. The van der Waals surface area contributed by atoms with Gasteiger partial charge in [-0.05, 0) is 67.7 Å². The van der Waals surface area contributed by atoms with E-state index >= 15 is 0 Å². The number of hydrogen-bond acceptors (Lipinski definition) is 3. The van der Waals surface area contributed by atoms with Gasteiger partial charge in [0.05, 0.1) is 6.04 Å². The molecule has 0 bridgehead atoms. The first-order valence-corrected chi connectivity index (χ1v) is 9.17. The Bertz CT molecular complexity index is 817. The number of anilines is 1. The van der Waals surface area contributed by atoms with Crippen LogP contribution in [0.1, 0.15) is 37.0 Å². The molecule has 2 aromatic carbocycles. The van der Waals surface area contributed by atoms with Crippen LogP contribution in [0.25, 0.3) is 0 Å². The van der Waals surface area contributed by atoms with E-state index in [1.165, 1.54) is 25.8 Å². The van der Waals surface area contributed by atoms with Gasteiger partial charge in [0.1, 0.15) is 17.7 Å². The van der Waals surface area contributed by atoms with Gasteiger partial charge in [0, 0.05) is 18.7 Å². The summed E-state index contributed by atoms with van der Waals surface area (Å²) in [6, 6.07) is 12.7. The molecule has 0 radical (unpaired) electrons. The van der Waals surface area contributed by atoms with Crippen molar-refractivity contribution in [3.8, 4) is 5.75 Å². The first-order chi connectivity index (χ1) is 12.6. The van der Waals surface area contributed by atoms with Crippen LogP contribution in [0.2, 0.25) is 0 Å². The van der Waals surface area contributed by atoms with E-state index < -0.39 is 0 Å². The zero-order valence-corrected chi connectivity index (χ0v) is 14.9.